The van der Waals surface area contributed by atoms with Gasteiger partial charge in [-0.1, -0.05) is 32.0 Å². The van der Waals surface area contributed by atoms with Gasteiger partial charge in [-0.3, -0.25) is 9.59 Å². The third-order valence-electron chi connectivity index (χ3n) is 5.15. The van der Waals surface area contributed by atoms with Crippen LogP contribution in [0, 0.1) is 18.7 Å². The number of hydrogen-bond donors (Lipinski definition) is 0. The number of benzene rings is 1. The summed E-state index contributed by atoms with van der Waals surface area (Å²) in [6.45, 7) is 7.19. The van der Waals surface area contributed by atoms with Crippen LogP contribution >= 0.6 is 0 Å². The maximum atomic E-state index is 13.2. The van der Waals surface area contributed by atoms with Crippen LogP contribution in [0.25, 0.3) is 0 Å². The lowest BCUT2D eigenvalue weighted by atomic mass is 10.0. The number of nitrogens with zero attached hydrogens (tertiary/aromatic N) is 3. The molecule has 1 aromatic carbocycles. The van der Waals surface area contributed by atoms with E-state index in [1.54, 1.807) is 23.1 Å². The number of hydrogen-bond acceptors (Lipinski definition) is 3. The van der Waals surface area contributed by atoms with Crippen molar-refractivity contribution in [3.63, 3.8) is 0 Å². The van der Waals surface area contributed by atoms with Crippen LogP contribution in [0.4, 0.5) is 4.39 Å². The number of halogens is 1. The van der Waals surface area contributed by atoms with Gasteiger partial charge in [-0.25, -0.2) is 9.37 Å². The van der Waals surface area contributed by atoms with Crippen LogP contribution in [0.15, 0.2) is 42.5 Å². The highest BCUT2D eigenvalue weighted by molar-refractivity contribution is 5.93. The Morgan fingerprint density at radius 2 is 1.93 bits per heavy atom. The minimum atomic E-state index is -0.297. The van der Waals surface area contributed by atoms with Crippen molar-refractivity contribution in [1.29, 1.82) is 0 Å². The van der Waals surface area contributed by atoms with Gasteiger partial charge < -0.3 is 9.80 Å². The van der Waals surface area contributed by atoms with E-state index >= 15 is 0 Å². The fourth-order valence-electron chi connectivity index (χ4n) is 3.55. The molecule has 148 valence electrons. The summed E-state index contributed by atoms with van der Waals surface area (Å²) >= 11 is 0. The van der Waals surface area contributed by atoms with Crippen molar-refractivity contribution >= 4 is 11.8 Å². The van der Waals surface area contributed by atoms with Crippen molar-refractivity contribution in [3.8, 4) is 0 Å². The van der Waals surface area contributed by atoms with E-state index in [1.807, 2.05) is 24.0 Å². The van der Waals surface area contributed by atoms with E-state index in [1.165, 1.54) is 12.1 Å². The third-order valence-corrected chi connectivity index (χ3v) is 5.15. The molecule has 1 saturated heterocycles. The van der Waals surface area contributed by atoms with E-state index in [0.29, 0.717) is 25.3 Å². The molecule has 1 aromatic heterocycles. The Morgan fingerprint density at radius 1 is 1.21 bits per heavy atom. The standard InChI is InChI=1S/C22H26FN3O2/c1-15(2)20-14-25(22(28)19-6-4-5-16(3)24-19)12-11-21(27)26(20)13-17-7-9-18(23)10-8-17/h4-10,15,20H,11-14H2,1-3H3. The molecule has 5 nitrogen and oxygen atoms in total. The quantitative estimate of drug-likeness (QED) is 0.813. The van der Waals surface area contributed by atoms with Gasteiger partial charge in [0.05, 0.1) is 6.04 Å². The van der Waals surface area contributed by atoms with E-state index in [0.717, 1.165) is 11.3 Å². The van der Waals surface area contributed by atoms with Gasteiger partial charge in [0.15, 0.2) is 0 Å². The van der Waals surface area contributed by atoms with Gasteiger partial charge in [-0.15, -0.1) is 0 Å². The number of rotatable bonds is 4. The van der Waals surface area contributed by atoms with Gasteiger partial charge in [-0.05, 0) is 42.7 Å². The summed E-state index contributed by atoms with van der Waals surface area (Å²) in [5.74, 6) is -0.265. The van der Waals surface area contributed by atoms with Crippen LogP contribution < -0.4 is 0 Å². The molecule has 0 N–H and O–H groups in total. The zero-order chi connectivity index (χ0) is 20.3. The Morgan fingerprint density at radius 3 is 2.57 bits per heavy atom. The van der Waals surface area contributed by atoms with E-state index < -0.39 is 0 Å². The Bertz CT molecular complexity index is 851. The number of aryl methyl sites for hydroxylation is 1. The number of carbonyl (C=O) groups excluding carboxylic acids is 2. The van der Waals surface area contributed by atoms with Gasteiger partial charge in [0.25, 0.3) is 5.91 Å². The number of pyridine rings is 1. The second kappa shape index (κ2) is 8.50. The normalized spacial score (nSPS) is 17.8. The van der Waals surface area contributed by atoms with E-state index in [9.17, 15) is 14.0 Å². The second-order valence-electron chi connectivity index (χ2n) is 7.62. The zero-order valence-corrected chi connectivity index (χ0v) is 16.6. The molecule has 1 unspecified atom stereocenters. The summed E-state index contributed by atoms with van der Waals surface area (Å²) in [6, 6.07) is 11.5. The van der Waals surface area contributed by atoms with Crippen LogP contribution in [-0.4, -0.2) is 45.7 Å². The van der Waals surface area contributed by atoms with Gasteiger partial charge >= 0.3 is 0 Å². The molecule has 1 atom stereocenters. The lowest BCUT2D eigenvalue weighted by molar-refractivity contribution is -0.134. The number of amides is 2. The number of aromatic nitrogens is 1. The largest absolute Gasteiger partial charge is 0.335 e. The summed E-state index contributed by atoms with van der Waals surface area (Å²) in [4.78, 5) is 33.7. The molecule has 0 aliphatic carbocycles. The fraction of sp³-hybridized carbons (Fsp3) is 0.409. The Labute approximate surface area is 165 Å². The molecule has 3 rings (SSSR count). The molecule has 1 fully saturated rings. The molecular weight excluding hydrogens is 357 g/mol. The third kappa shape index (κ3) is 4.55. The highest BCUT2D eigenvalue weighted by Crippen LogP contribution is 2.22. The lowest BCUT2D eigenvalue weighted by Gasteiger charge is -2.34. The zero-order valence-electron chi connectivity index (χ0n) is 16.6. The van der Waals surface area contributed by atoms with Crippen LogP contribution in [0.5, 0.6) is 0 Å². The molecule has 1 aliphatic heterocycles. The summed E-state index contributed by atoms with van der Waals surface area (Å²) < 4.78 is 13.2. The maximum absolute atomic E-state index is 13.2. The minimum absolute atomic E-state index is 0.00975. The first-order valence-electron chi connectivity index (χ1n) is 9.62. The van der Waals surface area contributed by atoms with Crippen LogP contribution in [-0.2, 0) is 11.3 Å². The smallest absolute Gasteiger partial charge is 0.272 e. The minimum Gasteiger partial charge on any atom is -0.335 e. The average Bonchev–Trinajstić information content (AvgIpc) is 2.83. The van der Waals surface area contributed by atoms with Crippen LogP contribution in [0.3, 0.4) is 0 Å². The Hall–Kier alpha value is -2.76. The monoisotopic (exact) mass is 383 g/mol. The molecule has 2 heterocycles. The van der Waals surface area contributed by atoms with E-state index in [4.69, 9.17) is 0 Å². The lowest BCUT2D eigenvalue weighted by Crippen LogP contribution is -2.47. The predicted molar refractivity (Wildman–Crippen MR) is 105 cm³/mol. The average molecular weight is 383 g/mol. The molecule has 2 aromatic rings. The molecule has 0 saturated carbocycles. The Balaban J connectivity index is 1.83. The first kappa shape index (κ1) is 20.0. The topological polar surface area (TPSA) is 53.5 Å². The summed E-state index contributed by atoms with van der Waals surface area (Å²) in [6.07, 6.45) is 0.266. The van der Waals surface area contributed by atoms with Crippen molar-refractivity contribution < 1.29 is 14.0 Å². The summed E-state index contributed by atoms with van der Waals surface area (Å²) in [5.41, 5.74) is 2.07. The summed E-state index contributed by atoms with van der Waals surface area (Å²) in [5, 5.41) is 0. The van der Waals surface area contributed by atoms with E-state index in [2.05, 4.69) is 18.8 Å². The van der Waals surface area contributed by atoms with Crippen molar-refractivity contribution in [2.45, 2.75) is 39.8 Å². The first-order valence-corrected chi connectivity index (χ1v) is 9.62. The first-order chi connectivity index (χ1) is 13.3. The maximum Gasteiger partial charge on any atom is 0.272 e. The van der Waals surface area contributed by atoms with Gasteiger partial charge in [-0.2, -0.15) is 0 Å². The Kier molecular flexibility index (Phi) is 6.07. The molecular formula is C22H26FN3O2. The van der Waals surface area contributed by atoms with Crippen molar-refractivity contribution in [2.75, 3.05) is 13.1 Å². The number of carbonyl (C=O) groups is 2. The van der Waals surface area contributed by atoms with Gasteiger partial charge in [0.1, 0.15) is 11.5 Å². The molecule has 28 heavy (non-hydrogen) atoms. The van der Waals surface area contributed by atoms with E-state index in [-0.39, 0.29) is 36.0 Å². The highest BCUT2D eigenvalue weighted by Gasteiger charge is 2.34. The second-order valence-corrected chi connectivity index (χ2v) is 7.62. The van der Waals surface area contributed by atoms with Crippen LogP contribution in [0.1, 0.15) is 42.0 Å². The SMILES string of the molecule is Cc1cccc(C(=O)N2CCC(=O)N(Cc3ccc(F)cc3)C(C(C)C)C2)n1. The van der Waals surface area contributed by atoms with Crippen molar-refractivity contribution in [2.24, 2.45) is 5.92 Å². The van der Waals surface area contributed by atoms with Crippen molar-refractivity contribution in [3.05, 3.63) is 65.2 Å². The highest BCUT2D eigenvalue weighted by atomic mass is 19.1. The molecule has 0 bridgehead atoms. The molecule has 2 amide bonds. The molecule has 6 heteroatoms. The van der Waals surface area contributed by atoms with Crippen molar-refractivity contribution in [1.82, 2.24) is 14.8 Å². The molecule has 0 radical (unpaired) electrons. The molecule has 1 aliphatic rings. The fourth-order valence-corrected chi connectivity index (χ4v) is 3.55. The summed E-state index contributed by atoms with van der Waals surface area (Å²) in [7, 11) is 0. The van der Waals surface area contributed by atoms with Gasteiger partial charge in [0.2, 0.25) is 5.91 Å². The van der Waals surface area contributed by atoms with Crippen LogP contribution in [0.2, 0.25) is 0 Å². The van der Waals surface area contributed by atoms with Gasteiger partial charge in [0, 0.05) is 31.7 Å². The molecule has 0 spiro atoms. The predicted octanol–water partition coefficient (Wildman–Crippen LogP) is 3.43.